The van der Waals surface area contributed by atoms with Crippen LogP contribution in [-0.2, 0) is 22.6 Å². The summed E-state index contributed by atoms with van der Waals surface area (Å²) in [5, 5.41) is 5.08. The Balaban J connectivity index is 1.64. The van der Waals surface area contributed by atoms with Crippen molar-refractivity contribution in [2.24, 2.45) is 0 Å². The minimum Gasteiger partial charge on any atom is -0.483 e. The number of benzene rings is 4. The second-order valence-electron chi connectivity index (χ2n) is 9.44. The summed E-state index contributed by atoms with van der Waals surface area (Å²) in [5.41, 5.74) is 1.92. The van der Waals surface area contributed by atoms with Crippen LogP contribution in [0.1, 0.15) is 31.4 Å². The first-order chi connectivity index (χ1) is 18.4. The van der Waals surface area contributed by atoms with Crippen LogP contribution in [0.25, 0.3) is 10.8 Å². The summed E-state index contributed by atoms with van der Waals surface area (Å²) >= 11 is 3.48. The highest BCUT2D eigenvalue weighted by Crippen LogP contribution is 2.25. The fourth-order valence-corrected chi connectivity index (χ4v) is 4.59. The van der Waals surface area contributed by atoms with Gasteiger partial charge in [-0.05, 0) is 48.1 Å². The molecule has 0 fully saturated rings. The monoisotopic (exact) mass is 572 g/mol. The van der Waals surface area contributed by atoms with E-state index in [-0.39, 0.29) is 31.0 Å². The van der Waals surface area contributed by atoms with Gasteiger partial charge in [0.1, 0.15) is 11.8 Å². The first-order valence-corrected chi connectivity index (χ1v) is 13.7. The van der Waals surface area contributed by atoms with Gasteiger partial charge in [0.15, 0.2) is 6.61 Å². The first-order valence-electron chi connectivity index (χ1n) is 12.9. The average Bonchev–Trinajstić information content (AvgIpc) is 2.95. The van der Waals surface area contributed by atoms with Gasteiger partial charge in [-0.2, -0.15) is 0 Å². The Hall–Kier alpha value is -3.64. The number of carbonyl (C=O) groups excluding carboxylic acids is 2. The van der Waals surface area contributed by atoms with Gasteiger partial charge < -0.3 is 15.0 Å². The van der Waals surface area contributed by atoms with Crippen LogP contribution in [0, 0.1) is 0 Å². The van der Waals surface area contributed by atoms with E-state index in [1.165, 1.54) is 0 Å². The van der Waals surface area contributed by atoms with Gasteiger partial charge in [0.2, 0.25) is 5.91 Å². The highest BCUT2D eigenvalue weighted by atomic mass is 79.9. The molecule has 0 aromatic heterocycles. The van der Waals surface area contributed by atoms with E-state index in [2.05, 4.69) is 21.2 Å². The van der Waals surface area contributed by atoms with E-state index in [4.69, 9.17) is 4.74 Å². The van der Waals surface area contributed by atoms with E-state index in [0.717, 1.165) is 32.8 Å². The molecule has 196 valence electrons. The highest BCUT2D eigenvalue weighted by Gasteiger charge is 2.31. The van der Waals surface area contributed by atoms with Crippen molar-refractivity contribution in [2.45, 2.75) is 45.3 Å². The average molecular weight is 574 g/mol. The third-order valence-electron chi connectivity index (χ3n) is 6.64. The Kier molecular flexibility index (Phi) is 9.55. The Morgan fingerprint density at radius 3 is 2.29 bits per heavy atom. The number of halogens is 1. The van der Waals surface area contributed by atoms with Crippen LogP contribution in [0.4, 0.5) is 0 Å². The largest absolute Gasteiger partial charge is 0.483 e. The summed E-state index contributed by atoms with van der Waals surface area (Å²) in [6.45, 7) is 4.12. The smallest absolute Gasteiger partial charge is 0.261 e. The van der Waals surface area contributed by atoms with Gasteiger partial charge in [-0.15, -0.1) is 0 Å². The first kappa shape index (κ1) is 27.4. The molecule has 38 heavy (non-hydrogen) atoms. The Morgan fingerprint density at radius 1 is 0.868 bits per heavy atom. The molecular formula is C32H33BrN2O3. The lowest BCUT2D eigenvalue weighted by Gasteiger charge is -2.32. The number of hydrogen-bond donors (Lipinski definition) is 1. The minimum absolute atomic E-state index is 0.00246. The molecule has 0 aliphatic carbocycles. The molecule has 0 radical (unpaired) electrons. The number of ether oxygens (including phenoxy) is 1. The number of nitrogens with one attached hydrogen (secondary N) is 1. The van der Waals surface area contributed by atoms with Gasteiger partial charge in [-0.1, -0.05) is 102 Å². The molecule has 0 bridgehead atoms. The predicted octanol–water partition coefficient (Wildman–Crippen LogP) is 6.54. The molecule has 0 unspecified atom stereocenters. The topological polar surface area (TPSA) is 58.6 Å². The van der Waals surface area contributed by atoms with Crippen molar-refractivity contribution in [3.8, 4) is 5.75 Å². The van der Waals surface area contributed by atoms with E-state index in [9.17, 15) is 9.59 Å². The van der Waals surface area contributed by atoms with E-state index in [1.807, 2.05) is 111 Å². The van der Waals surface area contributed by atoms with Gasteiger partial charge in [0.25, 0.3) is 5.91 Å². The normalized spacial score (nSPS) is 12.5. The second-order valence-corrected chi connectivity index (χ2v) is 10.4. The molecule has 2 amide bonds. The quantitative estimate of drug-likeness (QED) is 0.222. The van der Waals surface area contributed by atoms with Crippen molar-refractivity contribution in [3.05, 3.63) is 113 Å². The molecule has 0 aliphatic heterocycles. The number of fused-ring (bicyclic) bond motifs is 1. The van der Waals surface area contributed by atoms with Crippen molar-refractivity contribution in [2.75, 3.05) is 6.61 Å². The Morgan fingerprint density at radius 2 is 1.55 bits per heavy atom. The summed E-state index contributed by atoms with van der Waals surface area (Å²) in [4.78, 5) is 29.1. The van der Waals surface area contributed by atoms with Crippen LogP contribution in [0.3, 0.4) is 0 Å². The third kappa shape index (κ3) is 7.23. The molecule has 0 spiro atoms. The van der Waals surface area contributed by atoms with Crippen LogP contribution in [-0.4, -0.2) is 35.4 Å². The number of nitrogens with zero attached hydrogens (tertiary/aromatic N) is 1. The van der Waals surface area contributed by atoms with Gasteiger partial charge in [-0.3, -0.25) is 9.59 Å². The minimum atomic E-state index is -0.696. The van der Waals surface area contributed by atoms with Crippen LogP contribution >= 0.6 is 15.9 Å². The summed E-state index contributed by atoms with van der Waals surface area (Å²) in [7, 11) is 0. The van der Waals surface area contributed by atoms with E-state index in [0.29, 0.717) is 12.2 Å². The van der Waals surface area contributed by atoms with Crippen LogP contribution < -0.4 is 10.1 Å². The van der Waals surface area contributed by atoms with E-state index >= 15 is 0 Å². The zero-order valence-electron chi connectivity index (χ0n) is 21.8. The van der Waals surface area contributed by atoms with E-state index in [1.54, 1.807) is 4.90 Å². The predicted molar refractivity (Wildman–Crippen MR) is 156 cm³/mol. The van der Waals surface area contributed by atoms with Gasteiger partial charge in [0, 0.05) is 28.9 Å². The van der Waals surface area contributed by atoms with Crippen molar-refractivity contribution in [1.82, 2.24) is 10.2 Å². The summed E-state index contributed by atoms with van der Waals surface area (Å²) in [6.07, 6.45) is 1.20. The van der Waals surface area contributed by atoms with Crippen molar-refractivity contribution in [1.29, 1.82) is 0 Å². The molecule has 5 nitrogen and oxygen atoms in total. The molecule has 0 aliphatic rings. The van der Waals surface area contributed by atoms with E-state index < -0.39 is 6.04 Å². The molecule has 0 saturated heterocycles. The number of rotatable bonds is 11. The lowest BCUT2D eigenvalue weighted by Crippen LogP contribution is -2.53. The molecule has 4 aromatic carbocycles. The molecule has 1 N–H and O–H groups in total. The highest BCUT2D eigenvalue weighted by molar-refractivity contribution is 9.10. The van der Waals surface area contributed by atoms with Crippen molar-refractivity contribution < 1.29 is 14.3 Å². The maximum absolute atomic E-state index is 13.8. The standard InChI is InChI=1S/C32H33BrN2O3/c1-3-23(2)34-32(37)29(20-24-10-5-4-6-11-24)35(21-25-16-18-27(33)19-17-25)31(36)22-38-30-15-9-13-26-12-7-8-14-28(26)30/h4-19,23,29H,3,20-22H2,1-2H3,(H,34,37)/t23-,29-/m1/s1. The Bertz CT molecular complexity index is 1350. The van der Waals surface area contributed by atoms with Gasteiger partial charge >= 0.3 is 0 Å². The SMILES string of the molecule is CC[C@@H](C)NC(=O)[C@@H](Cc1ccccc1)N(Cc1ccc(Br)cc1)C(=O)COc1cccc2ccccc12. The van der Waals surface area contributed by atoms with Crippen LogP contribution in [0.15, 0.2) is 102 Å². The fourth-order valence-electron chi connectivity index (χ4n) is 4.33. The molecule has 0 heterocycles. The molecule has 4 aromatic rings. The summed E-state index contributed by atoms with van der Waals surface area (Å²) in [5.74, 6) is 0.226. The molecule has 0 saturated carbocycles. The molecule has 4 rings (SSSR count). The third-order valence-corrected chi connectivity index (χ3v) is 7.17. The number of amides is 2. The lowest BCUT2D eigenvalue weighted by atomic mass is 10.0. The van der Waals surface area contributed by atoms with Gasteiger partial charge in [-0.25, -0.2) is 0 Å². The number of carbonyl (C=O) groups is 2. The second kappa shape index (κ2) is 13.2. The Labute approximate surface area is 232 Å². The van der Waals surface area contributed by atoms with Crippen molar-refractivity contribution in [3.63, 3.8) is 0 Å². The van der Waals surface area contributed by atoms with Gasteiger partial charge in [0.05, 0.1) is 0 Å². The lowest BCUT2D eigenvalue weighted by molar-refractivity contribution is -0.143. The maximum atomic E-state index is 13.8. The van der Waals surface area contributed by atoms with Crippen molar-refractivity contribution >= 4 is 38.5 Å². The zero-order chi connectivity index (χ0) is 26.9. The van der Waals surface area contributed by atoms with Crippen LogP contribution in [0.5, 0.6) is 5.75 Å². The zero-order valence-corrected chi connectivity index (χ0v) is 23.4. The molecule has 2 atom stereocenters. The van der Waals surface area contributed by atoms with Crippen LogP contribution in [0.2, 0.25) is 0 Å². The fraction of sp³-hybridized carbons (Fsp3) is 0.250. The number of hydrogen-bond acceptors (Lipinski definition) is 3. The summed E-state index contributed by atoms with van der Waals surface area (Å²) in [6, 6.07) is 30.6. The molecular weight excluding hydrogens is 540 g/mol. The summed E-state index contributed by atoms with van der Waals surface area (Å²) < 4.78 is 7.02. The maximum Gasteiger partial charge on any atom is 0.261 e. The molecule has 6 heteroatoms.